The number of aryl methyl sites for hydroxylation is 2. The average Bonchev–Trinajstić information content (AvgIpc) is 3.18. The maximum absolute atomic E-state index is 13.4. The Balaban J connectivity index is 1.47. The first kappa shape index (κ1) is 28.3. The van der Waals surface area contributed by atoms with Crippen LogP contribution in [0.2, 0.25) is 6.32 Å². The quantitative estimate of drug-likeness (QED) is 0.262. The zero-order chi connectivity index (χ0) is 28.6. The Kier molecular flexibility index (Phi) is 8.26. The molecule has 0 radical (unpaired) electrons. The second kappa shape index (κ2) is 11.7. The van der Waals surface area contributed by atoms with E-state index in [1.807, 2.05) is 51.1 Å². The lowest BCUT2D eigenvalue weighted by Gasteiger charge is -2.43. The highest BCUT2D eigenvalue weighted by Crippen LogP contribution is 2.50. The van der Waals surface area contributed by atoms with Crippen molar-refractivity contribution in [3.8, 4) is 5.75 Å². The number of imide groups is 1. The van der Waals surface area contributed by atoms with Gasteiger partial charge in [0.1, 0.15) is 5.75 Å². The lowest BCUT2D eigenvalue weighted by Crippen LogP contribution is -2.46. The number of aliphatic hydroxyl groups is 1. The van der Waals surface area contributed by atoms with Gasteiger partial charge in [-0.3, -0.25) is 19.5 Å². The van der Waals surface area contributed by atoms with Gasteiger partial charge in [0.15, 0.2) is 0 Å². The van der Waals surface area contributed by atoms with Gasteiger partial charge < -0.3 is 19.9 Å². The number of aromatic nitrogens is 1. The fraction of sp³-hybridized carbons (Fsp3) is 0.452. The van der Waals surface area contributed by atoms with E-state index in [1.54, 1.807) is 6.20 Å². The van der Waals surface area contributed by atoms with Crippen LogP contribution in [-0.4, -0.2) is 63.3 Å². The van der Waals surface area contributed by atoms with Crippen LogP contribution in [0.5, 0.6) is 5.75 Å². The number of allylic oxidation sites excluding steroid dienone is 1. The number of aliphatic hydroxyl groups excluding tert-OH is 1. The number of phenolic OH excluding ortho intramolecular Hbond substituents is 1. The van der Waals surface area contributed by atoms with Crippen molar-refractivity contribution in [2.45, 2.75) is 58.9 Å². The van der Waals surface area contributed by atoms with Crippen molar-refractivity contribution in [3.63, 3.8) is 0 Å². The molecule has 0 unspecified atom stereocenters. The molecule has 0 spiro atoms. The summed E-state index contributed by atoms with van der Waals surface area (Å²) in [7, 11) is -1.06. The molecule has 2 aliphatic heterocycles. The number of rotatable bonds is 8. The van der Waals surface area contributed by atoms with E-state index in [1.165, 1.54) is 4.90 Å². The Bertz CT molecular complexity index is 1330. The highest BCUT2D eigenvalue weighted by Gasteiger charge is 2.57. The van der Waals surface area contributed by atoms with Crippen LogP contribution in [0.1, 0.15) is 55.0 Å². The van der Waals surface area contributed by atoms with E-state index in [4.69, 9.17) is 4.65 Å². The zero-order valence-corrected chi connectivity index (χ0v) is 23.3. The first-order valence-electron chi connectivity index (χ1n) is 14.2. The molecule has 1 aliphatic carbocycles. The van der Waals surface area contributed by atoms with E-state index in [0.29, 0.717) is 32.2 Å². The third-order valence-electron chi connectivity index (χ3n) is 8.56. The molecule has 4 atom stereocenters. The van der Waals surface area contributed by atoms with Gasteiger partial charge in [-0.15, -0.1) is 0 Å². The minimum absolute atomic E-state index is 0.167. The summed E-state index contributed by atoms with van der Waals surface area (Å²) in [6.07, 6.45) is 5.60. The predicted octanol–water partition coefficient (Wildman–Crippen LogP) is 3.92. The van der Waals surface area contributed by atoms with Crippen molar-refractivity contribution in [2.24, 2.45) is 17.8 Å². The van der Waals surface area contributed by atoms with Gasteiger partial charge in [0.05, 0.1) is 30.2 Å². The summed E-state index contributed by atoms with van der Waals surface area (Å²) < 4.78 is 6.06. The summed E-state index contributed by atoms with van der Waals surface area (Å²) in [5.41, 5.74) is 5.90. The summed E-state index contributed by atoms with van der Waals surface area (Å²) in [5.74, 6) is -1.43. The largest absolute Gasteiger partial charge is 0.507 e. The Morgan fingerprint density at radius 3 is 2.58 bits per heavy atom. The van der Waals surface area contributed by atoms with Gasteiger partial charge in [0.25, 0.3) is 0 Å². The molecule has 2 amide bonds. The van der Waals surface area contributed by atoms with Crippen LogP contribution < -0.4 is 0 Å². The average molecular weight is 544 g/mol. The van der Waals surface area contributed by atoms with E-state index in [0.717, 1.165) is 39.1 Å². The number of pyridine rings is 1. The van der Waals surface area contributed by atoms with Crippen molar-refractivity contribution < 1.29 is 29.5 Å². The molecular weight excluding hydrogens is 507 g/mol. The SMILES string of the molecule is CCCN1C(=O)[C@@H]2[C@@H](CC(CO)=C3[C@@H](CC/C(=C/c4cc(C)c(O)c(C)c4)c4ccccn4)OB(O)C[C@@H]32)C1=O. The van der Waals surface area contributed by atoms with Crippen LogP contribution in [0.4, 0.5) is 0 Å². The summed E-state index contributed by atoms with van der Waals surface area (Å²) in [6, 6.07) is 9.60. The smallest absolute Gasteiger partial charge is 0.455 e. The summed E-state index contributed by atoms with van der Waals surface area (Å²) in [6.45, 7) is 5.85. The number of amides is 2. The Morgan fingerprint density at radius 2 is 1.93 bits per heavy atom. The third-order valence-corrected chi connectivity index (χ3v) is 8.56. The molecular formula is C31H37BN2O6. The fourth-order valence-corrected chi connectivity index (χ4v) is 6.81. The van der Waals surface area contributed by atoms with Gasteiger partial charge in [-0.2, -0.15) is 0 Å². The highest BCUT2D eigenvalue weighted by atomic mass is 16.5. The molecule has 210 valence electrons. The Morgan fingerprint density at radius 1 is 1.18 bits per heavy atom. The van der Waals surface area contributed by atoms with Crippen LogP contribution in [0.15, 0.2) is 47.7 Å². The van der Waals surface area contributed by atoms with Crippen molar-refractivity contribution in [2.75, 3.05) is 13.2 Å². The van der Waals surface area contributed by atoms with E-state index in [2.05, 4.69) is 11.1 Å². The monoisotopic (exact) mass is 544 g/mol. The van der Waals surface area contributed by atoms with Crippen LogP contribution in [-0.2, 0) is 14.2 Å². The minimum Gasteiger partial charge on any atom is -0.507 e. The van der Waals surface area contributed by atoms with Crippen molar-refractivity contribution in [1.29, 1.82) is 0 Å². The number of hydrogen-bond acceptors (Lipinski definition) is 7. The molecule has 0 bridgehead atoms. The van der Waals surface area contributed by atoms with Gasteiger partial charge in [0, 0.05) is 12.7 Å². The van der Waals surface area contributed by atoms with Crippen LogP contribution in [0.25, 0.3) is 11.6 Å². The maximum Gasteiger partial charge on any atom is 0.455 e. The Hall–Kier alpha value is -3.27. The van der Waals surface area contributed by atoms with Crippen molar-refractivity contribution >= 4 is 30.6 Å². The molecule has 5 rings (SSSR count). The number of fused-ring (bicyclic) bond motifs is 3. The first-order chi connectivity index (χ1) is 19.2. The van der Waals surface area contributed by atoms with E-state index >= 15 is 0 Å². The molecule has 3 N–H and O–H groups in total. The van der Waals surface area contributed by atoms with Gasteiger partial charge in [-0.1, -0.05) is 13.0 Å². The normalized spacial score (nSPS) is 25.0. The summed E-state index contributed by atoms with van der Waals surface area (Å²) in [5, 5.41) is 31.3. The second-order valence-electron chi connectivity index (χ2n) is 11.2. The first-order valence-corrected chi connectivity index (χ1v) is 14.2. The lowest BCUT2D eigenvalue weighted by molar-refractivity contribution is -0.140. The molecule has 9 heteroatoms. The van der Waals surface area contributed by atoms with Crippen molar-refractivity contribution in [3.05, 3.63) is 70.1 Å². The number of aromatic hydroxyl groups is 1. The van der Waals surface area contributed by atoms with Gasteiger partial charge >= 0.3 is 7.12 Å². The van der Waals surface area contributed by atoms with Crippen LogP contribution in [0, 0.1) is 31.6 Å². The van der Waals surface area contributed by atoms with Crippen molar-refractivity contribution in [1.82, 2.24) is 9.88 Å². The van der Waals surface area contributed by atoms with Gasteiger partial charge in [0.2, 0.25) is 11.8 Å². The van der Waals surface area contributed by atoms with Gasteiger partial charge in [-0.25, -0.2) is 0 Å². The highest BCUT2D eigenvalue weighted by molar-refractivity contribution is 6.43. The van der Waals surface area contributed by atoms with Gasteiger partial charge in [-0.05, 0) is 116 Å². The summed E-state index contributed by atoms with van der Waals surface area (Å²) in [4.78, 5) is 32.5. The molecule has 1 aromatic heterocycles. The van der Waals surface area contributed by atoms with E-state index in [9.17, 15) is 24.8 Å². The fourth-order valence-electron chi connectivity index (χ4n) is 6.81. The number of benzene rings is 1. The topological polar surface area (TPSA) is 120 Å². The lowest BCUT2D eigenvalue weighted by atomic mass is 9.58. The van der Waals surface area contributed by atoms with E-state index in [-0.39, 0.29) is 36.4 Å². The number of likely N-dealkylation sites (tertiary alicyclic amines) is 1. The number of carbonyl (C=O) groups is 2. The number of phenols is 1. The Labute approximate surface area is 235 Å². The molecule has 2 fully saturated rings. The molecule has 0 saturated carbocycles. The molecule has 1 aromatic carbocycles. The van der Waals surface area contributed by atoms with Crippen LogP contribution >= 0.6 is 0 Å². The number of hydrogen-bond donors (Lipinski definition) is 3. The second-order valence-corrected chi connectivity index (χ2v) is 11.2. The minimum atomic E-state index is -1.06. The summed E-state index contributed by atoms with van der Waals surface area (Å²) >= 11 is 0. The maximum atomic E-state index is 13.4. The molecule has 3 heterocycles. The number of carbonyl (C=O) groups excluding carboxylic acids is 2. The number of nitrogens with zero attached hydrogens (tertiary/aromatic N) is 2. The van der Waals surface area contributed by atoms with E-state index < -0.39 is 25.1 Å². The third kappa shape index (κ3) is 5.25. The predicted molar refractivity (Wildman–Crippen MR) is 153 cm³/mol. The molecule has 2 aromatic rings. The standard InChI is InChI=1S/C31H37BN2O6/c1-4-11-34-30(37)23-15-22(17-35)27-24(28(23)31(34)38)16-32(39)40-26(27)9-8-21(25-7-5-6-10-33-25)14-20-12-18(2)29(36)19(3)13-20/h5-7,10,12-14,23-24,26,28,35-36,39H,4,8-9,11,15-17H2,1-3H3/b21-14-/t23-,24+,26-,28-/m1/s1. The molecule has 40 heavy (non-hydrogen) atoms. The zero-order valence-electron chi connectivity index (χ0n) is 23.3. The van der Waals surface area contributed by atoms with Crippen LogP contribution in [0.3, 0.4) is 0 Å². The molecule has 2 saturated heterocycles. The molecule has 3 aliphatic rings. The molecule has 8 nitrogen and oxygen atoms in total.